The number of hydrogen-bond donors (Lipinski definition) is 1. The summed E-state index contributed by atoms with van der Waals surface area (Å²) in [4.78, 5) is 16.7. The van der Waals surface area contributed by atoms with Crippen LogP contribution in [0.3, 0.4) is 0 Å². The van der Waals surface area contributed by atoms with Crippen molar-refractivity contribution in [3.05, 3.63) is 40.9 Å². The fourth-order valence-corrected chi connectivity index (χ4v) is 4.10. The molecule has 0 spiro atoms. The average molecular weight is 382 g/mol. The van der Waals surface area contributed by atoms with Gasteiger partial charge < -0.3 is 5.32 Å². The maximum absolute atomic E-state index is 12.9. The summed E-state index contributed by atoms with van der Waals surface area (Å²) in [6.07, 6.45) is -2.87. The van der Waals surface area contributed by atoms with E-state index in [1.807, 2.05) is 36.6 Å². The highest BCUT2D eigenvalue weighted by Gasteiger charge is 2.42. The van der Waals surface area contributed by atoms with Gasteiger partial charge in [0.2, 0.25) is 5.91 Å². The van der Waals surface area contributed by atoms with E-state index in [2.05, 4.69) is 10.3 Å². The molecular weight excluding hydrogens is 361 g/mol. The largest absolute Gasteiger partial charge is 0.391 e. The minimum atomic E-state index is -4.18. The second kappa shape index (κ2) is 7.78. The summed E-state index contributed by atoms with van der Waals surface area (Å²) in [5, 5.41) is 5.41. The summed E-state index contributed by atoms with van der Waals surface area (Å²) < 4.78 is 38.6. The summed E-state index contributed by atoms with van der Waals surface area (Å²) in [5.41, 5.74) is 2.80. The third kappa shape index (κ3) is 4.84. The van der Waals surface area contributed by atoms with Gasteiger partial charge in [0.15, 0.2) is 0 Å². The van der Waals surface area contributed by atoms with Gasteiger partial charge in [-0.25, -0.2) is 4.98 Å². The highest BCUT2D eigenvalue weighted by Crippen LogP contribution is 2.37. The van der Waals surface area contributed by atoms with Crippen molar-refractivity contribution in [2.75, 3.05) is 0 Å². The van der Waals surface area contributed by atoms with Crippen LogP contribution in [0.25, 0.3) is 10.6 Å². The Labute approximate surface area is 154 Å². The summed E-state index contributed by atoms with van der Waals surface area (Å²) >= 11 is 1.46. The summed E-state index contributed by atoms with van der Waals surface area (Å²) in [5.74, 6) is -1.58. The summed E-state index contributed by atoms with van der Waals surface area (Å²) in [6, 6.07) is 7.57. The van der Waals surface area contributed by atoms with Crippen molar-refractivity contribution >= 4 is 17.2 Å². The number of alkyl halides is 3. The Morgan fingerprint density at radius 1 is 1.27 bits per heavy atom. The van der Waals surface area contributed by atoms with Crippen LogP contribution in [0.1, 0.15) is 36.9 Å². The lowest BCUT2D eigenvalue weighted by Crippen LogP contribution is -2.42. The number of aromatic nitrogens is 1. The van der Waals surface area contributed by atoms with Crippen LogP contribution in [0.2, 0.25) is 0 Å². The van der Waals surface area contributed by atoms with Crippen LogP contribution >= 0.6 is 11.3 Å². The number of thiazole rings is 1. The molecule has 1 aliphatic carbocycles. The Morgan fingerprint density at radius 3 is 2.69 bits per heavy atom. The zero-order valence-electron chi connectivity index (χ0n) is 14.5. The minimum absolute atomic E-state index is 0.0269. The smallest absolute Gasteiger partial charge is 0.353 e. The van der Waals surface area contributed by atoms with Crippen LogP contribution in [-0.4, -0.2) is 23.1 Å². The molecule has 1 saturated carbocycles. The van der Waals surface area contributed by atoms with E-state index >= 15 is 0 Å². The molecule has 1 aliphatic rings. The molecule has 0 bridgehead atoms. The zero-order valence-corrected chi connectivity index (χ0v) is 15.3. The number of carbonyl (C=O) groups is 1. The SMILES string of the molecule is Cc1ccc(-c2nc(CC(=O)N[C@H]3CCC[C@@H](C(F)(F)F)C3)cs2)cc1. The van der Waals surface area contributed by atoms with Crippen LogP contribution in [0.5, 0.6) is 0 Å². The Kier molecular flexibility index (Phi) is 5.65. The second-order valence-electron chi connectivity index (χ2n) is 6.86. The normalized spacial score (nSPS) is 20.8. The maximum atomic E-state index is 12.9. The molecular formula is C19H21F3N2OS. The predicted molar refractivity (Wildman–Crippen MR) is 95.9 cm³/mol. The molecule has 140 valence electrons. The molecule has 1 aromatic carbocycles. The first-order valence-electron chi connectivity index (χ1n) is 8.69. The minimum Gasteiger partial charge on any atom is -0.353 e. The van der Waals surface area contributed by atoms with Crippen molar-refractivity contribution in [2.45, 2.75) is 51.2 Å². The van der Waals surface area contributed by atoms with Crippen molar-refractivity contribution < 1.29 is 18.0 Å². The highest BCUT2D eigenvalue weighted by molar-refractivity contribution is 7.13. The standard InChI is InChI=1S/C19H21F3N2OS/c1-12-5-7-13(8-6-12)18-24-16(11-26-18)10-17(25)23-15-4-2-3-14(9-15)19(20,21)22/h5-8,11,14-15H,2-4,9-10H2,1H3,(H,23,25)/t14-,15+/m1/s1. The van der Waals surface area contributed by atoms with Gasteiger partial charge in [0.05, 0.1) is 18.0 Å². The van der Waals surface area contributed by atoms with E-state index in [0.717, 1.165) is 16.1 Å². The van der Waals surface area contributed by atoms with Gasteiger partial charge in [0.25, 0.3) is 0 Å². The van der Waals surface area contributed by atoms with Gasteiger partial charge in [-0.1, -0.05) is 36.2 Å². The first-order chi connectivity index (χ1) is 12.3. The van der Waals surface area contributed by atoms with Crippen LogP contribution in [0.15, 0.2) is 29.6 Å². The van der Waals surface area contributed by atoms with E-state index in [-0.39, 0.29) is 25.2 Å². The monoisotopic (exact) mass is 382 g/mol. The van der Waals surface area contributed by atoms with Crippen molar-refractivity contribution in [2.24, 2.45) is 5.92 Å². The maximum Gasteiger partial charge on any atom is 0.391 e. The number of rotatable bonds is 4. The van der Waals surface area contributed by atoms with Gasteiger partial charge in [0.1, 0.15) is 5.01 Å². The van der Waals surface area contributed by atoms with E-state index in [0.29, 0.717) is 18.5 Å². The molecule has 26 heavy (non-hydrogen) atoms. The number of halogens is 3. The van der Waals surface area contributed by atoms with E-state index in [1.165, 1.54) is 11.3 Å². The van der Waals surface area contributed by atoms with Gasteiger partial charge in [0, 0.05) is 17.0 Å². The van der Waals surface area contributed by atoms with Crippen molar-refractivity contribution in [1.82, 2.24) is 10.3 Å². The molecule has 2 atom stereocenters. The zero-order chi connectivity index (χ0) is 18.7. The number of nitrogens with zero attached hydrogens (tertiary/aromatic N) is 1. The first kappa shape index (κ1) is 18.9. The molecule has 1 aromatic heterocycles. The van der Waals surface area contributed by atoms with E-state index in [9.17, 15) is 18.0 Å². The molecule has 2 aromatic rings. The molecule has 0 saturated heterocycles. The second-order valence-corrected chi connectivity index (χ2v) is 7.71. The average Bonchev–Trinajstić information content (AvgIpc) is 3.03. The molecule has 1 fully saturated rings. The highest BCUT2D eigenvalue weighted by atomic mass is 32.1. The number of hydrogen-bond acceptors (Lipinski definition) is 3. The third-order valence-corrected chi connectivity index (χ3v) is 5.63. The molecule has 7 heteroatoms. The van der Waals surface area contributed by atoms with Crippen LogP contribution < -0.4 is 5.32 Å². The predicted octanol–water partition coefficient (Wildman–Crippen LogP) is 4.90. The van der Waals surface area contributed by atoms with Crippen molar-refractivity contribution in [1.29, 1.82) is 0 Å². The first-order valence-corrected chi connectivity index (χ1v) is 9.57. The molecule has 0 aliphatic heterocycles. The lowest BCUT2D eigenvalue weighted by molar-refractivity contribution is -0.184. The fourth-order valence-electron chi connectivity index (χ4n) is 3.28. The fraction of sp³-hybridized carbons (Fsp3) is 0.474. The van der Waals surface area contributed by atoms with Crippen molar-refractivity contribution in [3.8, 4) is 10.6 Å². The summed E-state index contributed by atoms with van der Waals surface area (Å²) in [6.45, 7) is 2.01. The number of aryl methyl sites for hydroxylation is 1. The van der Waals surface area contributed by atoms with Crippen LogP contribution in [0.4, 0.5) is 13.2 Å². The molecule has 0 unspecified atom stereocenters. The third-order valence-electron chi connectivity index (χ3n) is 4.69. The van der Waals surface area contributed by atoms with E-state index < -0.39 is 18.1 Å². The van der Waals surface area contributed by atoms with E-state index in [4.69, 9.17) is 0 Å². The number of nitrogens with one attached hydrogen (secondary N) is 1. The Morgan fingerprint density at radius 2 is 2.00 bits per heavy atom. The molecule has 3 nitrogen and oxygen atoms in total. The van der Waals surface area contributed by atoms with E-state index in [1.54, 1.807) is 0 Å². The van der Waals surface area contributed by atoms with Gasteiger partial charge in [-0.15, -0.1) is 11.3 Å². The number of benzene rings is 1. The number of carbonyl (C=O) groups excluding carboxylic acids is 1. The lowest BCUT2D eigenvalue weighted by atomic mass is 9.85. The topological polar surface area (TPSA) is 42.0 Å². The van der Waals surface area contributed by atoms with Gasteiger partial charge in [-0.3, -0.25) is 4.79 Å². The Balaban J connectivity index is 1.56. The van der Waals surface area contributed by atoms with Gasteiger partial charge in [-0.2, -0.15) is 13.2 Å². The van der Waals surface area contributed by atoms with Crippen LogP contribution in [0, 0.1) is 12.8 Å². The van der Waals surface area contributed by atoms with Crippen molar-refractivity contribution in [3.63, 3.8) is 0 Å². The molecule has 0 radical (unpaired) electrons. The van der Waals surface area contributed by atoms with Crippen LogP contribution in [-0.2, 0) is 11.2 Å². The molecule has 1 N–H and O–H groups in total. The molecule has 3 rings (SSSR count). The quantitative estimate of drug-likeness (QED) is 0.817. The molecule has 1 heterocycles. The Hall–Kier alpha value is -1.89. The summed E-state index contributed by atoms with van der Waals surface area (Å²) in [7, 11) is 0. The van der Waals surface area contributed by atoms with Gasteiger partial charge in [-0.05, 0) is 26.2 Å². The molecule has 1 amide bonds. The van der Waals surface area contributed by atoms with Gasteiger partial charge >= 0.3 is 6.18 Å². The Bertz CT molecular complexity index is 755. The lowest BCUT2D eigenvalue weighted by Gasteiger charge is -2.31. The number of amides is 1.